The largest absolute Gasteiger partial charge is 0.481 e. The second kappa shape index (κ2) is 6.55. The molecule has 0 bridgehead atoms. The van der Waals surface area contributed by atoms with Gasteiger partial charge in [0.1, 0.15) is 0 Å². The van der Waals surface area contributed by atoms with Crippen LogP contribution in [0, 0.1) is 5.41 Å². The Morgan fingerprint density at radius 1 is 1.50 bits per heavy atom. The second-order valence-electron chi connectivity index (χ2n) is 4.85. The molecule has 0 spiro atoms. The van der Waals surface area contributed by atoms with E-state index < -0.39 is 11.4 Å². The van der Waals surface area contributed by atoms with Crippen molar-refractivity contribution < 1.29 is 9.90 Å². The van der Waals surface area contributed by atoms with E-state index in [2.05, 4.69) is 21.2 Å². The van der Waals surface area contributed by atoms with Crippen LogP contribution in [-0.4, -0.2) is 17.6 Å². The van der Waals surface area contributed by atoms with Gasteiger partial charge in [-0.1, -0.05) is 33.6 Å². The Kier molecular flexibility index (Phi) is 5.63. The molecule has 0 aromatic heterocycles. The van der Waals surface area contributed by atoms with Crippen LogP contribution in [0.2, 0.25) is 5.02 Å². The first kappa shape index (κ1) is 15.5. The highest BCUT2D eigenvalue weighted by molar-refractivity contribution is 9.10. The van der Waals surface area contributed by atoms with E-state index >= 15 is 0 Å². The van der Waals surface area contributed by atoms with Crippen molar-refractivity contribution in [3.63, 3.8) is 0 Å². The molecule has 2 N–H and O–H groups in total. The van der Waals surface area contributed by atoms with Gasteiger partial charge in [0.2, 0.25) is 0 Å². The maximum absolute atomic E-state index is 10.9. The van der Waals surface area contributed by atoms with E-state index in [0.717, 1.165) is 10.0 Å². The summed E-state index contributed by atoms with van der Waals surface area (Å²) < 4.78 is 0.947. The van der Waals surface area contributed by atoms with Crippen molar-refractivity contribution in [2.45, 2.75) is 26.8 Å². The van der Waals surface area contributed by atoms with E-state index in [9.17, 15) is 4.79 Å². The number of benzene rings is 1. The summed E-state index contributed by atoms with van der Waals surface area (Å²) in [7, 11) is 0. The summed E-state index contributed by atoms with van der Waals surface area (Å²) in [6.07, 6.45) is 0.580. The number of halogens is 2. The monoisotopic (exact) mass is 333 g/mol. The third kappa shape index (κ3) is 4.59. The number of rotatable bonds is 6. The van der Waals surface area contributed by atoms with Gasteiger partial charge in [-0.3, -0.25) is 4.79 Å². The van der Waals surface area contributed by atoms with Crippen LogP contribution in [0.5, 0.6) is 0 Å². The molecule has 0 unspecified atom stereocenters. The average Bonchev–Trinajstić information content (AvgIpc) is 2.26. The molecule has 18 heavy (non-hydrogen) atoms. The van der Waals surface area contributed by atoms with Crippen molar-refractivity contribution in [2.75, 3.05) is 6.54 Å². The Hall–Kier alpha value is -0.580. The summed E-state index contributed by atoms with van der Waals surface area (Å²) in [5, 5.41) is 12.9. The number of hydrogen-bond acceptors (Lipinski definition) is 2. The quantitative estimate of drug-likeness (QED) is 0.780. The molecule has 0 saturated heterocycles. The van der Waals surface area contributed by atoms with Gasteiger partial charge in [-0.05, 0) is 44.5 Å². The molecule has 0 amide bonds. The van der Waals surface area contributed by atoms with Crippen molar-refractivity contribution >= 4 is 33.5 Å². The van der Waals surface area contributed by atoms with E-state index in [1.54, 1.807) is 13.8 Å². The number of carboxylic acid groups (broad SMARTS) is 1. The van der Waals surface area contributed by atoms with Crippen LogP contribution in [0.1, 0.15) is 25.8 Å². The first-order valence-electron chi connectivity index (χ1n) is 5.71. The highest BCUT2D eigenvalue weighted by Gasteiger charge is 2.26. The number of aliphatic carboxylic acids is 1. The van der Waals surface area contributed by atoms with E-state index in [-0.39, 0.29) is 0 Å². The first-order chi connectivity index (χ1) is 8.33. The fourth-order valence-electron chi connectivity index (χ4n) is 1.40. The molecule has 100 valence electrons. The highest BCUT2D eigenvalue weighted by Crippen LogP contribution is 2.22. The molecule has 0 fully saturated rings. The summed E-state index contributed by atoms with van der Waals surface area (Å²) >= 11 is 9.43. The third-order valence-corrected chi connectivity index (χ3v) is 3.68. The number of hydrogen-bond donors (Lipinski definition) is 2. The maximum Gasteiger partial charge on any atom is 0.309 e. The third-order valence-electron chi connectivity index (χ3n) is 2.84. The first-order valence-corrected chi connectivity index (χ1v) is 6.88. The zero-order valence-electron chi connectivity index (χ0n) is 10.5. The lowest BCUT2D eigenvalue weighted by atomic mass is 9.90. The molecule has 0 atom stereocenters. The zero-order valence-corrected chi connectivity index (χ0v) is 12.8. The van der Waals surface area contributed by atoms with Crippen molar-refractivity contribution in [1.82, 2.24) is 5.32 Å². The smallest absolute Gasteiger partial charge is 0.309 e. The summed E-state index contributed by atoms with van der Waals surface area (Å²) in [6, 6.07) is 5.73. The molecule has 0 heterocycles. The van der Waals surface area contributed by atoms with Crippen LogP contribution in [0.25, 0.3) is 0 Å². The Morgan fingerprint density at radius 3 is 2.72 bits per heavy atom. The van der Waals surface area contributed by atoms with E-state index in [0.29, 0.717) is 24.5 Å². The number of carboxylic acids is 1. The van der Waals surface area contributed by atoms with Crippen molar-refractivity contribution in [1.29, 1.82) is 0 Å². The minimum atomic E-state index is -0.772. The van der Waals surface area contributed by atoms with Crippen LogP contribution in [-0.2, 0) is 11.3 Å². The fourth-order valence-corrected chi connectivity index (χ4v) is 2.14. The second-order valence-corrected chi connectivity index (χ2v) is 6.17. The minimum absolute atomic E-state index is 0.580. The van der Waals surface area contributed by atoms with Gasteiger partial charge in [0.25, 0.3) is 0 Å². The number of nitrogens with one attached hydrogen (secondary N) is 1. The van der Waals surface area contributed by atoms with Crippen LogP contribution in [0.15, 0.2) is 22.7 Å². The zero-order chi connectivity index (χ0) is 13.8. The Balaban J connectivity index is 2.41. The standard InChI is InChI=1S/C13H17BrClNO2/c1-13(2,12(17)18)5-6-16-8-9-3-4-10(14)7-11(9)15/h3-4,7,16H,5-6,8H2,1-2H3,(H,17,18). The summed E-state index contributed by atoms with van der Waals surface area (Å²) in [5.41, 5.74) is 0.309. The van der Waals surface area contributed by atoms with Gasteiger partial charge in [-0.25, -0.2) is 0 Å². The van der Waals surface area contributed by atoms with Crippen molar-refractivity contribution in [3.8, 4) is 0 Å². The minimum Gasteiger partial charge on any atom is -0.481 e. The lowest BCUT2D eigenvalue weighted by Crippen LogP contribution is -2.28. The van der Waals surface area contributed by atoms with Crippen LogP contribution in [0.4, 0.5) is 0 Å². The molecule has 0 saturated carbocycles. The molecular weight excluding hydrogens is 318 g/mol. The van der Waals surface area contributed by atoms with Crippen LogP contribution >= 0.6 is 27.5 Å². The fraction of sp³-hybridized carbons (Fsp3) is 0.462. The molecule has 1 aromatic rings. The molecule has 0 aliphatic heterocycles. The summed E-state index contributed by atoms with van der Waals surface area (Å²) in [4.78, 5) is 10.9. The van der Waals surface area contributed by atoms with Crippen molar-refractivity contribution in [2.24, 2.45) is 5.41 Å². The molecule has 0 aliphatic rings. The van der Waals surface area contributed by atoms with Crippen molar-refractivity contribution in [3.05, 3.63) is 33.3 Å². The Morgan fingerprint density at radius 2 is 2.17 bits per heavy atom. The predicted molar refractivity (Wildman–Crippen MR) is 76.9 cm³/mol. The van der Waals surface area contributed by atoms with Crippen LogP contribution < -0.4 is 5.32 Å². The summed E-state index contributed by atoms with van der Waals surface area (Å²) in [6.45, 7) is 4.74. The molecule has 5 heteroatoms. The normalized spacial score (nSPS) is 11.6. The predicted octanol–water partition coefficient (Wildman–Crippen LogP) is 3.69. The van der Waals surface area contributed by atoms with Gasteiger partial charge in [-0.15, -0.1) is 0 Å². The SMILES string of the molecule is CC(C)(CCNCc1ccc(Br)cc1Cl)C(=O)O. The molecule has 0 aliphatic carbocycles. The molecular formula is C13H17BrClNO2. The lowest BCUT2D eigenvalue weighted by molar-refractivity contribution is -0.147. The summed E-state index contributed by atoms with van der Waals surface area (Å²) in [5.74, 6) is -0.772. The maximum atomic E-state index is 10.9. The van der Waals surface area contributed by atoms with E-state index in [4.69, 9.17) is 16.7 Å². The Bertz CT molecular complexity index is 435. The lowest BCUT2D eigenvalue weighted by Gasteiger charge is -2.19. The van der Waals surface area contributed by atoms with Gasteiger partial charge in [0, 0.05) is 16.0 Å². The van der Waals surface area contributed by atoms with Gasteiger partial charge in [0.15, 0.2) is 0 Å². The average molecular weight is 335 g/mol. The van der Waals surface area contributed by atoms with Gasteiger partial charge in [-0.2, -0.15) is 0 Å². The number of carbonyl (C=O) groups is 1. The topological polar surface area (TPSA) is 49.3 Å². The van der Waals surface area contributed by atoms with E-state index in [1.807, 2.05) is 18.2 Å². The van der Waals surface area contributed by atoms with Gasteiger partial charge < -0.3 is 10.4 Å². The highest BCUT2D eigenvalue weighted by atomic mass is 79.9. The van der Waals surface area contributed by atoms with Crippen LogP contribution in [0.3, 0.4) is 0 Å². The van der Waals surface area contributed by atoms with Gasteiger partial charge >= 0.3 is 5.97 Å². The van der Waals surface area contributed by atoms with E-state index in [1.165, 1.54) is 0 Å². The molecule has 1 aromatic carbocycles. The Labute approximate surface area is 121 Å². The molecule has 0 radical (unpaired) electrons. The molecule has 1 rings (SSSR count). The van der Waals surface area contributed by atoms with Gasteiger partial charge in [0.05, 0.1) is 5.41 Å². The molecule has 3 nitrogen and oxygen atoms in total.